The van der Waals surface area contributed by atoms with Crippen molar-refractivity contribution in [1.82, 2.24) is 4.98 Å². The zero-order valence-electron chi connectivity index (χ0n) is 8.05. The standard InChI is InChI=1S/C11H7ClF2N2/c12-8-5-16-11(14)4-7(8)6-1-2-9(13)10(15)3-6/h1-5H,15H2. The fraction of sp³-hybridized carbons (Fsp3) is 0. The van der Waals surface area contributed by atoms with Gasteiger partial charge in [0.05, 0.1) is 10.7 Å². The van der Waals surface area contributed by atoms with Crippen LogP contribution in [0.4, 0.5) is 14.5 Å². The van der Waals surface area contributed by atoms with E-state index in [1.807, 2.05) is 0 Å². The van der Waals surface area contributed by atoms with E-state index in [2.05, 4.69) is 4.98 Å². The van der Waals surface area contributed by atoms with Crippen molar-refractivity contribution in [2.24, 2.45) is 0 Å². The lowest BCUT2D eigenvalue weighted by molar-refractivity contribution is 0.584. The average Bonchev–Trinajstić information content (AvgIpc) is 2.26. The van der Waals surface area contributed by atoms with Gasteiger partial charge in [-0.05, 0) is 17.7 Å². The Morgan fingerprint density at radius 1 is 1.19 bits per heavy atom. The molecular weight excluding hydrogens is 234 g/mol. The molecular formula is C11H7ClF2N2. The van der Waals surface area contributed by atoms with Crippen LogP contribution >= 0.6 is 11.6 Å². The Kier molecular flexibility index (Phi) is 2.75. The van der Waals surface area contributed by atoms with Crippen molar-refractivity contribution in [3.05, 3.63) is 47.2 Å². The summed E-state index contributed by atoms with van der Waals surface area (Å²) in [6.07, 6.45) is 1.20. The summed E-state index contributed by atoms with van der Waals surface area (Å²) in [5, 5.41) is 0.285. The maximum atomic E-state index is 12.9. The lowest BCUT2D eigenvalue weighted by atomic mass is 10.1. The number of anilines is 1. The number of nitrogen functional groups attached to an aromatic ring is 1. The maximum absolute atomic E-state index is 12.9. The van der Waals surface area contributed by atoms with Gasteiger partial charge in [-0.15, -0.1) is 0 Å². The van der Waals surface area contributed by atoms with Crippen LogP contribution in [0.5, 0.6) is 0 Å². The minimum Gasteiger partial charge on any atom is -0.396 e. The lowest BCUT2D eigenvalue weighted by Crippen LogP contribution is -1.92. The molecule has 0 atom stereocenters. The van der Waals surface area contributed by atoms with E-state index in [1.165, 1.54) is 30.5 Å². The Morgan fingerprint density at radius 2 is 1.94 bits per heavy atom. The number of nitrogens with zero attached hydrogens (tertiary/aromatic N) is 1. The Morgan fingerprint density at radius 3 is 2.62 bits per heavy atom. The van der Waals surface area contributed by atoms with Gasteiger partial charge in [-0.1, -0.05) is 17.7 Å². The molecule has 5 heteroatoms. The van der Waals surface area contributed by atoms with Crippen LogP contribution in [0, 0.1) is 11.8 Å². The summed E-state index contributed by atoms with van der Waals surface area (Å²) in [6, 6.07) is 5.26. The molecule has 2 aromatic rings. The molecule has 0 bridgehead atoms. The number of nitrogens with two attached hydrogens (primary N) is 1. The van der Waals surface area contributed by atoms with Crippen LogP contribution in [0.25, 0.3) is 11.1 Å². The van der Waals surface area contributed by atoms with Gasteiger partial charge in [0.15, 0.2) is 0 Å². The van der Waals surface area contributed by atoms with Gasteiger partial charge >= 0.3 is 0 Å². The Balaban J connectivity index is 2.58. The van der Waals surface area contributed by atoms with E-state index in [9.17, 15) is 8.78 Å². The molecule has 0 unspecified atom stereocenters. The largest absolute Gasteiger partial charge is 0.396 e. The van der Waals surface area contributed by atoms with Crippen molar-refractivity contribution in [2.45, 2.75) is 0 Å². The molecule has 0 aliphatic heterocycles. The molecule has 0 radical (unpaired) electrons. The van der Waals surface area contributed by atoms with Crippen LogP contribution in [-0.2, 0) is 0 Å². The molecule has 16 heavy (non-hydrogen) atoms. The summed E-state index contributed by atoms with van der Waals surface area (Å²) in [6.45, 7) is 0. The molecule has 2 N–H and O–H groups in total. The Labute approximate surface area is 95.7 Å². The summed E-state index contributed by atoms with van der Waals surface area (Å²) >= 11 is 5.86. The molecule has 0 saturated heterocycles. The van der Waals surface area contributed by atoms with Crippen LogP contribution < -0.4 is 5.73 Å². The summed E-state index contributed by atoms with van der Waals surface area (Å²) < 4.78 is 25.9. The number of benzene rings is 1. The molecule has 0 amide bonds. The fourth-order valence-corrected chi connectivity index (χ4v) is 1.56. The van der Waals surface area contributed by atoms with Gasteiger partial charge in [0.2, 0.25) is 5.95 Å². The van der Waals surface area contributed by atoms with Crippen molar-refractivity contribution in [1.29, 1.82) is 0 Å². The highest BCUT2D eigenvalue weighted by atomic mass is 35.5. The van der Waals surface area contributed by atoms with Crippen molar-refractivity contribution >= 4 is 17.3 Å². The lowest BCUT2D eigenvalue weighted by Gasteiger charge is -2.05. The predicted molar refractivity (Wildman–Crippen MR) is 59.0 cm³/mol. The van der Waals surface area contributed by atoms with E-state index >= 15 is 0 Å². The summed E-state index contributed by atoms with van der Waals surface area (Å²) in [7, 11) is 0. The van der Waals surface area contributed by atoms with Crippen molar-refractivity contribution in [3.8, 4) is 11.1 Å². The molecule has 0 aliphatic rings. The van der Waals surface area contributed by atoms with Crippen molar-refractivity contribution < 1.29 is 8.78 Å². The van der Waals surface area contributed by atoms with E-state index in [1.54, 1.807) is 0 Å². The normalized spacial score (nSPS) is 10.4. The molecule has 1 aromatic heterocycles. The molecule has 0 saturated carbocycles. The van der Waals surface area contributed by atoms with Gasteiger partial charge in [-0.3, -0.25) is 0 Å². The molecule has 2 nitrogen and oxygen atoms in total. The smallest absolute Gasteiger partial charge is 0.213 e. The molecule has 1 heterocycles. The van der Waals surface area contributed by atoms with E-state index < -0.39 is 11.8 Å². The average molecular weight is 241 g/mol. The van der Waals surface area contributed by atoms with Gasteiger partial charge < -0.3 is 5.73 Å². The fourth-order valence-electron chi connectivity index (χ4n) is 1.35. The minimum absolute atomic E-state index is 0.00853. The second kappa shape index (κ2) is 4.06. The Bertz CT molecular complexity index is 544. The SMILES string of the molecule is Nc1cc(-c2cc(F)ncc2Cl)ccc1F. The first-order valence-electron chi connectivity index (χ1n) is 4.44. The first kappa shape index (κ1) is 10.8. The molecule has 0 fully saturated rings. The monoisotopic (exact) mass is 240 g/mol. The topological polar surface area (TPSA) is 38.9 Å². The molecule has 2 rings (SSSR count). The van der Waals surface area contributed by atoms with Crippen molar-refractivity contribution in [2.75, 3.05) is 5.73 Å². The summed E-state index contributed by atoms with van der Waals surface area (Å²) in [5.41, 5.74) is 6.39. The van der Waals surface area contributed by atoms with Gasteiger partial charge in [-0.25, -0.2) is 9.37 Å². The van der Waals surface area contributed by atoms with E-state index in [0.717, 1.165) is 0 Å². The number of hydrogen-bond donors (Lipinski definition) is 1. The van der Waals surface area contributed by atoms with Gasteiger partial charge in [-0.2, -0.15) is 4.39 Å². The number of hydrogen-bond acceptors (Lipinski definition) is 2. The number of halogens is 3. The summed E-state index contributed by atoms with van der Waals surface area (Å²) in [5.74, 6) is -1.17. The van der Waals surface area contributed by atoms with Crippen LogP contribution in [0.15, 0.2) is 30.5 Å². The predicted octanol–water partition coefficient (Wildman–Crippen LogP) is 3.26. The molecule has 1 aromatic carbocycles. The zero-order chi connectivity index (χ0) is 11.7. The van der Waals surface area contributed by atoms with E-state index in [0.29, 0.717) is 11.1 Å². The van der Waals surface area contributed by atoms with E-state index in [4.69, 9.17) is 17.3 Å². The highest BCUT2D eigenvalue weighted by molar-refractivity contribution is 6.33. The number of aromatic nitrogens is 1. The molecule has 0 spiro atoms. The van der Waals surface area contributed by atoms with Gasteiger partial charge in [0.25, 0.3) is 0 Å². The highest BCUT2D eigenvalue weighted by Gasteiger charge is 2.08. The first-order chi connectivity index (χ1) is 7.58. The van der Waals surface area contributed by atoms with Gasteiger partial charge in [0.1, 0.15) is 5.82 Å². The first-order valence-corrected chi connectivity index (χ1v) is 4.82. The number of rotatable bonds is 1. The second-order valence-corrected chi connectivity index (χ2v) is 3.63. The zero-order valence-corrected chi connectivity index (χ0v) is 8.80. The second-order valence-electron chi connectivity index (χ2n) is 3.22. The third-order valence-electron chi connectivity index (χ3n) is 2.13. The highest BCUT2D eigenvalue weighted by Crippen LogP contribution is 2.29. The van der Waals surface area contributed by atoms with Crippen molar-refractivity contribution in [3.63, 3.8) is 0 Å². The van der Waals surface area contributed by atoms with E-state index in [-0.39, 0.29) is 10.7 Å². The minimum atomic E-state index is -0.651. The maximum Gasteiger partial charge on any atom is 0.213 e. The third-order valence-corrected chi connectivity index (χ3v) is 2.43. The molecule has 0 aliphatic carbocycles. The van der Waals surface area contributed by atoms with Crippen LogP contribution in [-0.4, -0.2) is 4.98 Å². The molecule has 82 valence electrons. The van der Waals surface area contributed by atoms with Gasteiger partial charge in [0, 0.05) is 17.8 Å². The quantitative estimate of drug-likeness (QED) is 0.614. The Hall–Kier alpha value is -1.68. The van der Waals surface area contributed by atoms with Crippen LogP contribution in [0.3, 0.4) is 0 Å². The third kappa shape index (κ3) is 1.97. The summed E-state index contributed by atoms with van der Waals surface area (Å²) in [4.78, 5) is 3.40. The van der Waals surface area contributed by atoms with Crippen LogP contribution in [0.2, 0.25) is 5.02 Å². The van der Waals surface area contributed by atoms with Crippen LogP contribution in [0.1, 0.15) is 0 Å². The number of pyridine rings is 1.